The van der Waals surface area contributed by atoms with Crippen LogP contribution in [-0.4, -0.2) is 26.7 Å². The van der Waals surface area contributed by atoms with Crippen molar-refractivity contribution < 1.29 is 19.9 Å². The van der Waals surface area contributed by atoms with E-state index in [1.165, 1.54) is 36.4 Å². The normalized spacial score (nSPS) is 21.3. The van der Waals surface area contributed by atoms with Crippen LogP contribution in [0.2, 0.25) is 10.0 Å². The van der Waals surface area contributed by atoms with Gasteiger partial charge in [-0.25, -0.2) is 0 Å². The molecule has 3 N–H and O–H groups in total. The average Bonchev–Trinajstić information content (AvgIpc) is 2.80. The molecule has 1 aromatic carbocycles. The Labute approximate surface area is 152 Å². The molecule has 0 bridgehead atoms. The van der Waals surface area contributed by atoms with Gasteiger partial charge in [-0.3, -0.25) is 4.79 Å². The van der Waals surface area contributed by atoms with Gasteiger partial charge in [0.25, 0.3) is 5.91 Å². The van der Waals surface area contributed by atoms with Gasteiger partial charge in [0.15, 0.2) is 5.60 Å². The fourth-order valence-corrected chi connectivity index (χ4v) is 3.20. The first-order chi connectivity index (χ1) is 11.7. The topological polar surface area (TPSA) is 119 Å². The summed E-state index contributed by atoms with van der Waals surface area (Å²) < 4.78 is 0. The van der Waals surface area contributed by atoms with E-state index < -0.39 is 22.8 Å². The van der Waals surface area contributed by atoms with Crippen molar-refractivity contribution in [1.29, 1.82) is 0 Å². The lowest BCUT2D eigenvalue weighted by atomic mass is 9.89. The first-order valence-corrected chi connectivity index (χ1v) is 7.81. The molecular formula is C16H11Cl2N2O5-. The predicted octanol–water partition coefficient (Wildman–Crippen LogP) is 2.91. The minimum atomic E-state index is -2.06. The van der Waals surface area contributed by atoms with E-state index in [1.807, 2.05) is 0 Å². The molecule has 0 aromatic heterocycles. The second-order valence-corrected chi connectivity index (χ2v) is 6.40. The van der Waals surface area contributed by atoms with E-state index in [0.717, 1.165) is 0 Å². The van der Waals surface area contributed by atoms with Crippen molar-refractivity contribution in [1.82, 2.24) is 0 Å². The third-order valence-electron chi connectivity index (χ3n) is 3.95. The SMILES string of the molecule is O=C1Nc2c(Cl)cc(Cl)cc2C1(O)CC(O)=C1C=CC(=[N+]([O-])[O-])C=C1. The van der Waals surface area contributed by atoms with Gasteiger partial charge in [0.2, 0.25) is 5.71 Å². The van der Waals surface area contributed by atoms with Crippen LogP contribution in [0.1, 0.15) is 12.0 Å². The van der Waals surface area contributed by atoms with Crippen molar-refractivity contribution in [3.8, 4) is 0 Å². The van der Waals surface area contributed by atoms with Crippen LogP contribution in [0.3, 0.4) is 0 Å². The molecule has 2 aliphatic rings. The van der Waals surface area contributed by atoms with E-state index in [4.69, 9.17) is 23.2 Å². The highest BCUT2D eigenvalue weighted by molar-refractivity contribution is 6.37. The van der Waals surface area contributed by atoms with Crippen molar-refractivity contribution in [2.45, 2.75) is 12.0 Å². The Hall–Kier alpha value is -2.48. The van der Waals surface area contributed by atoms with Gasteiger partial charge in [-0.1, -0.05) is 23.2 Å². The zero-order chi connectivity index (χ0) is 18.4. The lowest BCUT2D eigenvalue weighted by Crippen LogP contribution is -2.34. The fourth-order valence-electron chi connectivity index (χ4n) is 2.66. The fraction of sp³-hybridized carbons (Fsp3) is 0.125. The first-order valence-electron chi connectivity index (χ1n) is 7.05. The number of amides is 1. The van der Waals surface area contributed by atoms with E-state index in [0.29, 0.717) is 0 Å². The van der Waals surface area contributed by atoms with Crippen LogP contribution < -0.4 is 5.32 Å². The number of carbonyl (C=O) groups is 1. The van der Waals surface area contributed by atoms with E-state index in [2.05, 4.69) is 5.32 Å². The highest BCUT2D eigenvalue weighted by Gasteiger charge is 2.47. The first kappa shape index (κ1) is 17.3. The summed E-state index contributed by atoms with van der Waals surface area (Å²) in [5.74, 6) is -1.06. The molecule has 0 saturated heterocycles. The second-order valence-electron chi connectivity index (χ2n) is 5.55. The van der Waals surface area contributed by atoms with Crippen LogP contribution in [0.5, 0.6) is 0 Å². The predicted molar refractivity (Wildman–Crippen MR) is 93.5 cm³/mol. The van der Waals surface area contributed by atoms with Crippen molar-refractivity contribution in [2.24, 2.45) is 0 Å². The number of fused-ring (bicyclic) bond motifs is 1. The van der Waals surface area contributed by atoms with Gasteiger partial charge in [0.05, 0.1) is 10.7 Å². The molecule has 1 aliphatic carbocycles. The number of nitrogens with one attached hydrogen (secondary N) is 1. The molecular weight excluding hydrogens is 371 g/mol. The Morgan fingerprint density at radius 1 is 1.20 bits per heavy atom. The molecule has 1 heterocycles. The van der Waals surface area contributed by atoms with Gasteiger partial charge in [-0.15, -0.1) is 0 Å². The summed E-state index contributed by atoms with van der Waals surface area (Å²) in [6.07, 6.45) is 4.64. The van der Waals surface area contributed by atoms with E-state index >= 15 is 0 Å². The molecule has 1 aliphatic heterocycles. The molecule has 3 rings (SSSR count). The van der Waals surface area contributed by atoms with E-state index in [-0.39, 0.29) is 38.3 Å². The number of anilines is 1. The van der Waals surface area contributed by atoms with E-state index in [1.54, 1.807) is 0 Å². The maximum Gasteiger partial charge on any atom is 0.261 e. The number of aliphatic hydroxyl groups excluding tert-OH is 1. The van der Waals surface area contributed by atoms with Crippen molar-refractivity contribution >= 4 is 40.5 Å². The van der Waals surface area contributed by atoms with Crippen molar-refractivity contribution in [3.05, 3.63) is 73.8 Å². The van der Waals surface area contributed by atoms with Gasteiger partial charge in [0.1, 0.15) is 5.76 Å². The summed E-state index contributed by atoms with van der Waals surface area (Å²) in [5, 5.41) is 45.3. The molecule has 0 spiro atoms. The van der Waals surface area contributed by atoms with Crippen LogP contribution in [0.25, 0.3) is 0 Å². The number of hydrogen-bond acceptors (Lipinski definition) is 5. The highest BCUT2D eigenvalue weighted by atomic mass is 35.5. The molecule has 25 heavy (non-hydrogen) atoms. The van der Waals surface area contributed by atoms with Gasteiger partial charge in [-0.2, -0.15) is 4.90 Å². The maximum absolute atomic E-state index is 12.3. The Morgan fingerprint density at radius 3 is 2.44 bits per heavy atom. The number of allylic oxidation sites excluding steroid dienone is 5. The van der Waals surface area contributed by atoms with Crippen molar-refractivity contribution in [3.63, 3.8) is 0 Å². The molecule has 130 valence electrons. The Morgan fingerprint density at radius 2 is 1.84 bits per heavy atom. The van der Waals surface area contributed by atoms with Gasteiger partial charge >= 0.3 is 0 Å². The molecule has 0 radical (unpaired) electrons. The zero-order valence-corrected chi connectivity index (χ0v) is 14.0. The number of carbonyl (C=O) groups excluding carboxylic acids is 1. The van der Waals surface area contributed by atoms with E-state index in [9.17, 15) is 25.4 Å². The smallest absolute Gasteiger partial charge is 0.261 e. The van der Waals surface area contributed by atoms with Crippen LogP contribution in [-0.2, 0) is 10.4 Å². The summed E-state index contributed by atoms with van der Waals surface area (Å²) in [4.78, 5) is 11.7. The second kappa shape index (κ2) is 6.11. The average molecular weight is 382 g/mol. The summed E-state index contributed by atoms with van der Waals surface area (Å²) >= 11 is 12.0. The van der Waals surface area contributed by atoms with Gasteiger partial charge in [0, 0.05) is 34.7 Å². The van der Waals surface area contributed by atoms with Crippen LogP contribution in [0, 0.1) is 10.4 Å². The number of hydrogen-bond donors (Lipinski definition) is 3. The molecule has 1 aromatic rings. The molecule has 7 nitrogen and oxygen atoms in total. The lowest BCUT2D eigenvalue weighted by molar-refractivity contribution is -0.377. The number of rotatable bonds is 2. The number of benzene rings is 1. The third-order valence-corrected chi connectivity index (χ3v) is 4.47. The Bertz CT molecular complexity index is 882. The number of aliphatic hydroxyl groups is 2. The van der Waals surface area contributed by atoms with Crippen LogP contribution in [0.4, 0.5) is 5.69 Å². The minimum absolute atomic E-state index is 0.141. The zero-order valence-electron chi connectivity index (χ0n) is 12.5. The summed E-state index contributed by atoms with van der Waals surface area (Å²) in [6, 6.07) is 2.82. The monoisotopic (exact) mass is 381 g/mol. The summed E-state index contributed by atoms with van der Waals surface area (Å²) in [6.45, 7) is 0. The number of nitrogens with zero attached hydrogens (tertiary/aromatic N) is 1. The quantitative estimate of drug-likeness (QED) is 0.413. The Kier molecular flexibility index (Phi) is 4.24. The Balaban J connectivity index is 1.98. The summed E-state index contributed by atoms with van der Waals surface area (Å²) in [7, 11) is 0. The molecule has 1 unspecified atom stereocenters. The molecule has 1 amide bonds. The molecule has 0 fully saturated rings. The standard InChI is InChI=1S/C16H11Cl2N2O5/c17-9-5-11-14(12(18)6-9)19-15(22)16(11,23)7-13(21)8-1-3-10(4-2-8)20(24)25/h1-6,23H,7H2,(H2-,19,21,22,24,25)/q-1. The molecule has 0 saturated carbocycles. The maximum atomic E-state index is 12.3. The lowest BCUT2D eigenvalue weighted by Gasteiger charge is -2.21. The minimum Gasteiger partial charge on any atom is -0.612 e. The van der Waals surface area contributed by atoms with Crippen LogP contribution in [0.15, 0.2) is 47.8 Å². The van der Waals surface area contributed by atoms with Crippen LogP contribution >= 0.6 is 23.2 Å². The molecule has 1 atom stereocenters. The highest BCUT2D eigenvalue weighted by Crippen LogP contribution is 2.45. The number of halogens is 2. The van der Waals surface area contributed by atoms with Gasteiger partial charge in [-0.05, 0) is 24.3 Å². The van der Waals surface area contributed by atoms with Gasteiger partial charge < -0.3 is 25.9 Å². The summed E-state index contributed by atoms with van der Waals surface area (Å²) in [5.41, 5.74) is -1.57. The largest absolute Gasteiger partial charge is 0.612 e. The third kappa shape index (κ3) is 2.97. The van der Waals surface area contributed by atoms with Crippen molar-refractivity contribution in [2.75, 3.05) is 5.32 Å². The molecule has 9 heteroatoms.